The van der Waals surface area contributed by atoms with Crippen LogP contribution in [0.2, 0.25) is 0 Å². The first kappa shape index (κ1) is 9.51. The van der Waals surface area contributed by atoms with Crippen LogP contribution < -0.4 is 0 Å². The molecule has 0 radical (unpaired) electrons. The molecule has 0 saturated heterocycles. The first-order valence-corrected chi connectivity index (χ1v) is 5.52. The van der Waals surface area contributed by atoms with Crippen molar-refractivity contribution in [1.29, 1.82) is 0 Å². The molecule has 0 heteroatoms. The van der Waals surface area contributed by atoms with Gasteiger partial charge in [-0.2, -0.15) is 0 Å². The molecule has 2 aliphatic carbocycles. The molecule has 0 spiro atoms. The molecule has 74 valence electrons. The quantitative estimate of drug-likeness (QED) is 0.572. The number of allylic oxidation sites excluding steroid dienone is 8. The van der Waals surface area contributed by atoms with E-state index in [1.165, 1.54) is 36.8 Å². The molecule has 14 heavy (non-hydrogen) atoms. The normalized spacial score (nSPS) is 22.1. The van der Waals surface area contributed by atoms with Crippen molar-refractivity contribution in [3.63, 3.8) is 0 Å². The molecule has 2 aliphatic rings. The molecule has 0 aromatic carbocycles. The summed E-state index contributed by atoms with van der Waals surface area (Å²) in [6.45, 7) is 4.51. The predicted octanol–water partition coefficient (Wildman–Crippen LogP) is 4.32. The molecule has 0 unspecified atom stereocenters. The smallest absolute Gasteiger partial charge is 0.0235 e. The van der Waals surface area contributed by atoms with E-state index in [0.717, 1.165) is 0 Å². The molecule has 0 aromatic rings. The van der Waals surface area contributed by atoms with Crippen molar-refractivity contribution < 1.29 is 0 Å². The van der Waals surface area contributed by atoms with Gasteiger partial charge in [-0.3, -0.25) is 0 Å². The summed E-state index contributed by atoms with van der Waals surface area (Å²) in [5.41, 5.74) is 6.10. The third-order valence-corrected chi connectivity index (χ3v) is 3.16. The van der Waals surface area contributed by atoms with E-state index >= 15 is 0 Å². The van der Waals surface area contributed by atoms with E-state index in [0.29, 0.717) is 0 Å². The van der Waals surface area contributed by atoms with E-state index in [4.69, 9.17) is 0 Å². The van der Waals surface area contributed by atoms with E-state index < -0.39 is 0 Å². The molecular weight excluding hydrogens is 168 g/mol. The Morgan fingerprint density at radius 2 is 1.64 bits per heavy atom. The lowest BCUT2D eigenvalue weighted by Gasteiger charge is -2.19. The van der Waals surface area contributed by atoms with Gasteiger partial charge in [-0.05, 0) is 56.3 Å². The van der Waals surface area contributed by atoms with Crippen LogP contribution in [0.5, 0.6) is 0 Å². The summed E-state index contributed by atoms with van der Waals surface area (Å²) in [4.78, 5) is 0. The molecule has 0 heterocycles. The van der Waals surface area contributed by atoms with Gasteiger partial charge in [0.25, 0.3) is 0 Å². The van der Waals surface area contributed by atoms with Crippen molar-refractivity contribution in [3.8, 4) is 0 Å². The number of hydrogen-bond donors (Lipinski definition) is 0. The molecule has 0 aliphatic heterocycles. The van der Waals surface area contributed by atoms with Crippen LogP contribution in [0.4, 0.5) is 0 Å². The first-order chi connectivity index (χ1) is 6.79. The van der Waals surface area contributed by atoms with Crippen LogP contribution >= 0.6 is 0 Å². The van der Waals surface area contributed by atoms with Crippen molar-refractivity contribution in [2.75, 3.05) is 0 Å². The maximum absolute atomic E-state index is 2.32. The molecular formula is C14H18. The van der Waals surface area contributed by atoms with E-state index in [2.05, 4.69) is 38.2 Å². The molecule has 0 saturated carbocycles. The Morgan fingerprint density at radius 3 is 2.36 bits per heavy atom. The highest BCUT2D eigenvalue weighted by molar-refractivity contribution is 5.50. The minimum absolute atomic E-state index is 1.21. The summed E-state index contributed by atoms with van der Waals surface area (Å²) in [5, 5.41) is 0. The average Bonchev–Trinajstić information content (AvgIpc) is 2.20. The van der Waals surface area contributed by atoms with Gasteiger partial charge < -0.3 is 0 Å². The van der Waals surface area contributed by atoms with Gasteiger partial charge >= 0.3 is 0 Å². The summed E-state index contributed by atoms with van der Waals surface area (Å²) in [6, 6.07) is 0. The van der Waals surface area contributed by atoms with Crippen molar-refractivity contribution in [2.24, 2.45) is 0 Å². The maximum Gasteiger partial charge on any atom is -0.0235 e. The zero-order chi connectivity index (χ0) is 9.97. The minimum atomic E-state index is 1.21. The standard InChI is InChI=1S/C14H18/c1-11-7-3-5-9-13(11)14-10-6-4-8-12(14)2/h3,6-7,10H,4-5,8-9H2,1-2H3. The summed E-state index contributed by atoms with van der Waals surface area (Å²) in [6.07, 6.45) is 14.1. The maximum atomic E-state index is 2.32. The van der Waals surface area contributed by atoms with Crippen LogP contribution in [0, 0.1) is 0 Å². The zero-order valence-corrected chi connectivity index (χ0v) is 9.14. The largest absolute Gasteiger partial charge is 0.0839 e. The fraction of sp³-hybridized carbons (Fsp3) is 0.429. The number of hydrogen-bond acceptors (Lipinski definition) is 0. The Hall–Kier alpha value is -1.04. The SMILES string of the molecule is CC1=C(C2=C(C)CCC=C2)CCC=C1. The van der Waals surface area contributed by atoms with Crippen LogP contribution in [0.15, 0.2) is 46.6 Å². The Bertz CT molecular complexity index is 348. The van der Waals surface area contributed by atoms with Crippen LogP contribution in [0.25, 0.3) is 0 Å². The minimum Gasteiger partial charge on any atom is -0.0839 e. The van der Waals surface area contributed by atoms with Gasteiger partial charge in [0.15, 0.2) is 0 Å². The highest BCUT2D eigenvalue weighted by Crippen LogP contribution is 2.31. The van der Waals surface area contributed by atoms with E-state index in [1.807, 2.05) is 0 Å². The Balaban J connectivity index is 2.39. The van der Waals surface area contributed by atoms with Crippen molar-refractivity contribution in [3.05, 3.63) is 46.6 Å². The molecule has 0 fully saturated rings. The highest BCUT2D eigenvalue weighted by Gasteiger charge is 2.12. The molecule has 0 nitrogen and oxygen atoms in total. The first-order valence-electron chi connectivity index (χ1n) is 5.52. The topological polar surface area (TPSA) is 0 Å². The second-order valence-electron chi connectivity index (χ2n) is 4.24. The van der Waals surface area contributed by atoms with Crippen LogP contribution in [0.3, 0.4) is 0 Å². The van der Waals surface area contributed by atoms with Gasteiger partial charge in [0.1, 0.15) is 0 Å². The molecule has 0 aromatic heterocycles. The third kappa shape index (κ3) is 1.75. The lowest BCUT2D eigenvalue weighted by atomic mass is 9.86. The molecule has 0 bridgehead atoms. The Morgan fingerprint density at radius 1 is 0.929 bits per heavy atom. The van der Waals surface area contributed by atoms with Crippen molar-refractivity contribution in [1.82, 2.24) is 0 Å². The fourth-order valence-corrected chi connectivity index (χ4v) is 2.27. The van der Waals surface area contributed by atoms with Gasteiger partial charge in [-0.1, -0.05) is 29.9 Å². The van der Waals surface area contributed by atoms with Crippen LogP contribution in [-0.2, 0) is 0 Å². The fourth-order valence-electron chi connectivity index (χ4n) is 2.27. The summed E-state index contributed by atoms with van der Waals surface area (Å²) >= 11 is 0. The second kappa shape index (κ2) is 4.00. The van der Waals surface area contributed by atoms with E-state index in [-0.39, 0.29) is 0 Å². The lowest BCUT2D eigenvalue weighted by molar-refractivity contribution is 0.901. The summed E-state index contributed by atoms with van der Waals surface area (Å²) < 4.78 is 0. The van der Waals surface area contributed by atoms with Gasteiger partial charge in [0, 0.05) is 0 Å². The van der Waals surface area contributed by atoms with Gasteiger partial charge in [-0.25, -0.2) is 0 Å². The van der Waals surface area contributed by atoms with Crippen molar-refractivity contribution in [2.45, 2.75) is 39.5 Å². The molecule has 0 N–H and O–H groups in total. The van der Waals surface area contributed by atoms with Crippen LogP contribution in [-0.4, -0.2) is 0 Å². The summed E-state index contributed by atoms with van der Waals surface area (Å²) in [7, 11) is 0. The van der Waals surface area contributed by atoms with Gasteiger partial charge in [-0.15, -0.1) is 0 Å². The molecule has 2 rings (SSSR count). The lowest BCUT2D eigenvalue weighted by Crippen LogP contribution is -2.00. The van der Waals surface area contributed by atoms with Crippen molar-refractivity contribution >= 4 is 0 Å². The monoisotopic (exact) mass is 186 g/mol. The van der Waals surface area contributed by atoms with Crippen LogP contribution in [0.1, 0.15) is 39.5 Å². The van der Waals surface area contributed by atoms with Gasteiger partial charge in [0.05, 0.1) is 0 Å². The number of rotatable bonds is 1. The molecule has 0 amide bonds. The van der Waals surface area contributed by atoms with E-state index in [1.54, 1.807) is 11.1 Å². The molecule has 0 atom stereocenters. The Labute approximate surface area is 86.7 Å². The zero-order valence-electron chi connectivity index (χ0n) is 9.14. The van der Waals surface area contributed by atoms with E-state index in [9.17, 15) is 0 Å². The third-order valence-electron chi connectivity index (χ3n) is 3.16. The summed E-state index contributed by atoms with van der Waals surface area (Å²) in [5.74, 6) is 0. The Kier molecular flexibility index (Phi) is 2.72. The highest BCUT2D eigenvalue weighted by atomic mass is 14.2. The average molecular weight is 186 g/mol. The predicted molar refractivity (Wildman–Crippen MR) is 62.1 cm³/mol. The van der Waals surface area contributed by atoms with Gasteiger partial charge in [0.2, 0.25) is 0 Å². The second-order valence-corrected chi connectivity index (χ2v) is 4.24.